The Bertz CT molecular complexity index is 689. The lowest BCUT2D eigenvalue weighted by Gasteiger charge is -2.25. The third kappa shape index (κ3) is 4.35. The maximum atomic E-state index is 11.9. The number of benzene rings is 1. The van der Waals surface area contributed by atoms with Crippen LogP contribution in [0.5, 0.6) is 0 Å². The van der Waals surface area contributed by atoms with E-state index >= 15 is 0 Å². The molecule has 0 spiro atoms. The van der Waals surface area contributed by atoms with Crippen molar-refractivity contribution in [2.75, 3.05) is 23.3 Å². The molecular weight excluding hydrogens is 318 g/mol. The molecule has 1 aromatic heterocycles. The maximum Gasteiger partial charge on any atom is 0.224 e. The predicted octanol–water partition coefficient (Wildman–Crippen LogP) is 4.79. The van der Waals surface area contributed by atoms with E-state index in [0.29, 0.717) is 12.3 Å². The summed E-state index contributed by atoms with van der Waals surface area (Å²) >= 11 is 1.71. The van der Waals surface area contributed by atoms with Crippen LogP contribution in [0.2, 0.25) is 0 Å². The summed E-state index contributed by atoms with van der Waals surface area (Å²) in [5.74, 6) is 0.424. The van der Waals surface area contributed by atoms with Gasteiger partial charge in [-0.1, -0.05) is 26.0 Å². The topological polar surface area (TPSA) is 45.2 Å². The molecule has 1 N–H and O–H groups in total. The van der Waals surface area contributed by atoms with Crippen LogP contribution in [-0.4, -0.2) is 24.0 Å². The van der Waals surface area contributed by atoms with Crippen LogP contribution in [0.15, 0.2) is 29.6 Å². The molecule has 1 aliphatic rings. The van der Waals surface area contributed by atoms with Gasteiger partial charge in [0.25, 0.3) is 0 Å². The molecule has 24 heavy (non-hydrogen) atoms. The van der Waals surface area contributed by atoms with Crippen LogP contribution < -0.4 is 10.2 Å². The van der Waals surface area contributed by atoms with Crippen LogP contribution in [0.25, 0.3) is 11.3 Å². The Kier molecular flexibility index (Phi) is 5.51. The summed E-state index contributed by atoms with van der Waals surface area (Å²) in [6.45, 7) is 6.32. The minimum atomic E-state index is 0.0643. The number of rotatable bonds is 5. The van der Waals surface area contributed by atoms with E-state index in [0.717, 1.165) is 35.2 Å². The van der Waals surface area contributed by atoms with Gasteiger partial charge < -0.3 is 10.2 Å². The van der Waals surface area contributed by atoms with Gasteiger partial charge in [-0.25, -0.2) is 4.98 Å². The Morgan fingerprint density at radius 1 is 1.29 bits per heavy atom. The van der Waals surface area contributed by atoms with Crippen molar-refractivity contribution in [3.05, 3.63) is 29.6 Å². The molecule has 0 saturated carbocycles. The lowest BCUT2D eigenvalue weighted by atomic mass is 10.1. The van der Waals surface area contributed by atoms with Crippen LogP contribution in [0.1, 0.15) is 39.5 Å². The van der Waals surface area contributed by atoms with E-state index in [1.54, 1.807) is 11.3 Å². The first-order valence-electron chi connectivity index (χ1n) is 8.72. The zero-order valence-corrected chi connectivity index (χ0v) is 15.2. The van der Waals surface area contributed by atoms with Gasteiger partial charge in [-0.05, 0) is 37.3 Å². The highest BCUT2D eigenvalue weighted by Gasteiger charge is 2.15. The number of hydrogen-bond acceptors (Lipinski definition) is 4. The molecule has 3 rings (SSSR count). The Labute approximate surface area is 147 Å². The van der Waals surface area contributed by atoms with E-state index in [4.69, 9.17) is 4.98 Å². The lowest BCUT2D eigenvalue weighted by Crippen LogP contribution is -2.29. The molecular formula is C19H25N3OS. The summed E-state index contributed by atoms with van der Waals surface area (Å²) in [6, 6.07) is 7.96. The van der Waals surface area contributed by atoms with Crippen LogP contribution in [0, 0.1) is 5.92 Å². The third-order valence-electron chi connectivity index (χ3n) is 4.15. The molecule has 0 unspecified atom stereocenters. The molecule has 1 aliphatic heterocycles. The number of aromatic nitrogens is 1. The first-order chi connectivity index (χ1) is 11.6. The molecule has 1 aromatic carbocycles. The average Bonchev–Trinajstić information content (AvgIpc) is 3.05. The minimum Gasteiger partial charge on any atom is -0.348 e. The molecule has 0 atom stereocenters. The normalized spacial score (nSPS) is 14.9. The van der Waals surface area contributed by atoms with E-state index in [2.05, 4.69) is 15.6 Å². The molecule has 5 heteroatoms. The van der Waals surface area contributed by atoms with Crippen molar-refractivity contribution in [2.24, 2.45) is 5.92 Å². The van der Waals surface area contributed by atoms with Crippen molar-refractivity contribution < 1.29 is 4.79 Å². The van der Waals surface area contributed by atoms with Gasteiger partial charge in [-0.15, -0.1) is 11.3 Å². The summed E-state index contributed by atoms with van der Waals surface area (Å²) in [4.78, 5) is 19.1. The monoisotopic (exact) mass is 343 g/mol. The van der Waals surface area contributed by atoms with Crippen molar-refractivity contribution in [3.8, 4) is 11.3 Å². The second kappa shape index (κ2) is 7.79. The Balaban J connectivity index is 1.72. The molecule has 2 aromatic rings. The number of carbonyl (C=O) groups excluding carboxylic acids is 1. The van der Waals surface area contributed by atoms with Gasteiger partial charge in [0.05, 0.1) is 5.69 Å². The summed E-state index contributed by atoms with van der Waals surface area (Å²) in [7, 11) is 0. The number of piperidine rings is 1. The van der Waals surface area contributed by atoms with Crippen molar-refractivity contribution in [1.29, 1.82) is 0 Å². The zero-order chi connectivity index (χ0) is 16.9. The summed E-state index contributed by atoms with van der Waals surface area (Å²) in [6.07, 6.45) is 4.38. The van der Waals surface area contributed by atoms with E-state index in [-0.39, 0.29) is 5.91 Å². The highest BCUT2D eigenvalue weighted by molar-refractivity contribution is 7.14. The fourth-order valence-electron chi connectivity index (χ4n) is 2.97. The van der Waals surface area contributed by atoms with Gasteiger partial charge in [0.2, 0.25) is 5.91 Å². The van der Waals surface area contributed by atoms with Gasteiger partial charge >= 0.3 is 0 Å². The quantitative estimate of drug-likeness (QED) is 0.849. The molecule has 128 valence electrons. The first-order valence-corrected chi connectivity index (χ1v) is 9.60. The highest BCUT2D eigenvalue weighted by Crippen LogP contribution is 2.30. The molecule has 1 amide bonds. The number of nitrogens with zero attached hydrogens (tertiary/aromatic N) is 2. The number of thiazole rings is 1. The smallest absolute Gasteiger partial charge is 0.224 e. The number of anilines is 2. The highest BCUT2D eigenvalue weighted by atomic mass is 32.1. The summed E-state index contributed by atoms with van der Waals surface area (Å²) < 4.78 is 0. The van der Waals surface area contributed by atoms with E-state index in [9.17, 15) is 4.79 Å². The van der Waals surface area contributed by atoms with Crippen molar-refractivity contribution in [2.45, 2.75) is 39.5 Å². The third-order valence-corrected chi connectivity index (χ3v) is 5.06. The molecule has 2 heterocycles. The summed E-state index contributed by atoms with van der Waals surface area (Å²) in [5, 5.41) is 6.20. The Morgan fingerprint density at radius 2 is 2.08 bits per heavy atom. The van der Waals surface area contributed by atoms with E-state index < -0.39 is 0 Å². The van der Waals surface area contributed by atoms with E-state index in [1.807, 2.05) is 38.1 Å². The van der Waals surface area contributed by atoms with Crippen LogP contribution in [0.4, 0.5) is 10.8 Å². The van der Waals surface area contributed by atoms with Crippen molar-refractivity contribution in [3.63, 3.8) is 0 Å². The van der Waals surface area contributed by atoms with Gasteiger partial charge in [0.1, 0.15) is 0 Å². The standard InChI is InChI=1S/C19H25N3OS/c1-14(2)11-18(23)20-16-8-6-7-15(12-16)17-13-24-19(21-17)22-9-4-3-5-10-22/h6-8,12-14H,3-5,9-11H2,1-2H3,(H,20,23). The Hall–Kier alpha value is -1.88. The number of nitrogens with one attached hydrogen (secondary N) is 1. The van der Waals surface area contributed by atoms with E-state index in [1.165, 1.54) is 19.3 Å². The first kappa shape index (κ1) is 17.0. The SMILES string of the molecule is CC(C)CC(=O)Nc1cccc(-c2csc(N3CCCCC3)n2)c1. The van der Waals surface area contributed by atoms with Crippen molar-refractivity contribution >= 4 is 28.1 Å². The Morgan fingerprint density at radius 3 is 2.83 bits per heavy atom. The molecule has 1 saturated heterocycles. The maximum absolute atomic E-state index is 11.9. The van der Waals surface area contributed by atoms with Crippen LogP contribution in [-0.2, 0) is 4.79 Å². The van der Waals surface area contributed by atoms with Crippen LogP contribution in [0.3, 0.4) is 0 Å². The molecule has 4 nitrogen and oxygen atoms in total. The molecule has 0 bridgehead atoms. The van der Waals surface area contributed by atoms with Gasteiger partial charge in [0.15, 0.2) is 5.13 Å². The van der Waals surface area contributed by atoms with Crippen LogP contribution >= 0.6 is 11.3 Å². The second-order valence-electron chi connectivity index (χ2n) is 6.79. The van der Waals surface area contributed by atoms with Gasteiger partial charge in [-0.3, -0.25) is 4.79 Å². The average molecular weight is 343 g/mol. The fraction of sp³-hybridized carbons (Fsp3) is 0.474. The second-order valence-corrected chi connectivity index (χ2v) is 7.63. The number of carbonyl (C=O) groups is 1. The van der Waals surface area contributed by atoms with Crippen molar-refractivity contribution in [1.82, 2.24) is 4.98 Å². The minimum absolute atomic E-state index is 0.0643. The fourth-order valence-corrected chi connectivity index (χ4v) is 3.85. The predicted molar refractivity (Wildman–Crippen MR) is 102 cm³/mol. The zero-order valence-electron chi connectivity index (χ0n) is 14.4. The largest absolute Gasteiger partial charge is 0.348 e. The number of hydrogen-bond donors (Lipinski definition) is 1. The number of amides is 1. The lowest BCUT2D eigenvalue weighted by molar-refractivity contribution is -0.116. The summed E-state index contributed by atoms with van der Waals surface area (Å²) in [5.41, 5.74) is 2.88. The molecule has 1 fully saturated rings. The molecule has 0 radical (unpaired) electrons. The van der Waals surface area contributed by atoms with Gasteiger partial charge in [-0.2, -0.15) is 0 Å². The van der Waals surface area contributed by atoms with Gasteiger partial charge in [0, 0.05) is 36.1 Å². The molecule has 0 aliphatic carbocycles.